The molecule has 7 heteroatoms. The van der Waals surface area contributed by atoms with Crippen molar-refractivity contribution in [1.29, 1.82) is 0 Å². The van der Waals surface area contributed by atoms with E-state index in [1.165, 1.54) is 0 Å². The molecule has 0 saturated carbocycles. The number of nitrogens with zero attached hydrogens (tertiary/aromatic N) is 2. The summed E-state index contributed by atoms with van der Waals surface area (Å²) in [6.45, 7) is 11.1. The number of carbonyl (C=O) groups excluding carboxylic acids is 1. The van der Waals surface area contributed by atoms with Crippen molar-refractivity contribution in [3.8, 4) is 5.75 Å². The maximum atomic E-state index is 13.8. The predicted octanol–water partition coefficient (Wildman–Crippen LogP) is 4.08. The summed E-state index contributed by atoms with van der Waals surface area (Å²) in [5, 5.41) is 0.515. The first kappa shape index (κ1) is 23.6. The molecule has 1 amide bonds. The van der Waals surface area contributed by atoms with E-state index in [1.54, 1.807) is 4.90 Å². The highest BCUT2D eigenvalue weighted by Gasteiger charge is 2.42. The molecule has 35 heavy (non-hydrogen) atoms. The van der Waals surface area contributed by atoms with Crippen molar-refractivity contribution >= 4 is 16.9 Å². The van der Waals surface area contributed by atoms with Crippen LogP contribution < -0.4 is 10.2 Å². The summed E-state index contributed by atoms with van der Waals surface area (Å²) in [5.41, 5.74) is 3.64. The number of hydrogen-bond donors (Lipinski definition) is 0. The predicted molar refractivity (Wildman–Crippen MR) is 134 cm³/mol. The van der Waals surface area contributed by atoms with E-state index in [1.807, 2.05) is 57.2 Å². The number of fused-ring (bicyclic) bond motifs is 2. The molecule has 2 aliphatic heterocycles. The number of rotatable bonds is 7. The second-order valence-electron chi connectivity index (χ2n) is 9.32. The summed E-state index contributed by atoms with van der Waals surface area (Å²) in [6.07, 6.45) is 0.799. The van der Waals surface area contributed by atoms with Crippen molar-refractivity contribution in [2.45, 2.75) is 33.2 Å². The van der Waals surface area contributed by atoms with Gasteiger partial charge in [0.15, 0.2) is 5.43 Å². The van der Waals surface area contributed by atoms with Crippen molar-refractivity contribution in [3.63, 3.8) is 0 Å². The first-order valence-electron chi connectivity index (χ1n) is 12.4. The summed E-state index contributed by atoms with van der Waals surface area (Å²) in [6, 6.07) is 10.9. The van der Waals surface area contributed by atoms with Gasteiger partial charge in [0, 0.05) is 26.2 Å². The number of hydrogen-bond acceptors (Lipinski definition) is 6. The fourth-order valence-electron chi connectivity index (χ4n) is 5.08. The number of aryl methyl sites for hydroxylation is 2. The first-order valence-corrected chi connectivity index (χ1v) is 12.4. The molecule has 0 aliphatic carbocycles. The molecule has 184 valence electrons. The second kappa shape index (κ2) is 9.84. The van der Waals surface area contributed by atoms with Crippen molar-refractivity contribution < 1.29 is 18.7 Å². The number of benzene rings is 2. The smallest absolute Gasteiger partial charge is 0.290 e. The monoisotopic (exact) mass is 476 g/mol. The average molecular weight is 477 g/mol. The van der Waals surface area contributed by atoms with Crippen LogP contribution in [0.2, 0.25) is 0 Å². The summed E-state index contributed by atoms with van der Waals surface area (Å²) in [4.78, 5) is 31.6. The summed E-state index contributed by atoms with van der Waals surface area (Å²) >= 11 is 0. The fraction of sp³-hybridized carbons (Fsp3) is 0.429. The van der Waals surface area contributed by atoms with Crippen LogP contribution in [-0.4, -0.2) is 61.7 Å². The lowest BCUT2D eigenvalue weighted by Gasteiger charge is -2.29. The topological polar surface area (TPSA) is 72.2 Å². The molecular formula is C28H32N2O5. The van der Waals surface area contributed by atoms with E-state index in [0.29, 0.717) is 29.7 Å². The molecule has 5 rings (SSSR count). The molecule has 2 aromatic carbocycles. The number of amides is 1. The van der Waals surface area contributed by atoms with Crippen molar-refractivity contribution in [2.75, 3.05) is 46.0 Å². The van der Waals surface area contributed by atoms with E-state index in [-0.39, 0.29) is 17.1 Å². The number of morpholine rings is 1. The van der Waals surface area contributed by atoms with Crippen LogP contribution in [0.4, 0.5) is 0 Å². The van der Waals surface area contributed by atoms with Crippen molar-refractivity contribution in [1.82, 2.24) is 9.80 Å². The minimum Gasteiger partial charge on any atom is -0.494 e. The van der Waals surface area contributed by atoms with Crippen LogP contribution >= 0.6 is 0 Å². The molecule has 2 aliphatic rings. The van der Waals surface area contributed by atoms with E-state index in [2.05, 4.69) is 4.90 Å². The summed E-state index contributed by atoms with van der Waals surface area (Å²) in [7, 11) is 0. The Morgan fingerprint density at radius 1 is 1.03 bits per heavy atom. The first-order chi connectivity index (χ1) is 17.0. The van der Waals surface area contributed by atoms with E-state index in [9.17, 15) is 9.59 Å². The van der Waals surface area contributed by atoms with Crippen LogP contribution in [0.15, 0.2) is 45.6 Å². The van der Waals surface area contributed by atoms with Crippen LogP contribution in [0.25, 0.3) is 11.0 Å². The Bertz CT molecular complexity index is 1310. The van der Waals surface area contributed by atoms with Crippen LogP contribution in [0.3, 0.4) is 0 Å². The van der Waals surface area contributed by atoms with E-state index < -0.39 is 6.04 Å². The zero-order valence-corrected chi connectivity index (χ0v) is 20.6. The van der Waals surface area contributed by atoms with Gasteiger partial charge in [-0.15, -0.1) is 0 Å². The molecule has 1 atom stereocenters. The molecule has 1 unspecified atom stereocenters. The van der Waals surface area contributed by atoms with Gasteiger partial charge in [-0.3, -0.25) is 14.5 Å². The highest BCUT2D eigenvalue weighted by molar-refractivity contribution is 5.99. The molecule has 0 N–H and O–H groups in total. The lowest BCUT2D eigenvalue weighted by molar-refractivity contribution is 0.0353. The Morgan fingerprint density at radius 2 is 1.80 bits per heavy atom. The molecule has 0 radical (unpaired) electrons. The SMILES string of the molecule is CCOc1cccc(C2c3c(oc4cc(C)c(C)cc4c3=O)C(=O)N2CCCN2CCOCC2)c1. The summed E-state index contributed by atoms with van der Waals surface area (Å²) < 4.78 is 17.3. The van der Waals surface area contributed by atoms with Gasteiger partial charge in [0.2, 0.25) is 5.76 Å². The van der Waals surface area contributed by atoms with Gasteiger partial charge in [0.1, 0.15) is 11.3 Å². The van der Waals surface area contributed by atoms with Gasteiger partial charge in [-0.05, 0) is 68.1 Å². The molecule has 0 bridgehead atoms. The fourth-order valence-corrected chi connectivity index (χ4v) is 5.08. The Morgan fingerprint density at radius 3 is 2.57 bits per heavy atom. The third-order valence-corrected chi connectivity index (χ3v) is 7.04. The largest absolute Gasteiger partial charge is 0.494 e. The average Bonchev–Trinajstić information content (AvgIpc) is 3.13. The van der Waals surface area contributed by atoms with Crippen molar-refractivity contribution in [3.05, 3.63) is 74.6 Å². The standard InChI is InChI=1S/C28H32N2O5/c1-4-34-21-8-5-7-20(17-21)25-24-26(31)22-15-18(2)19(3)16-23(22)35-27(24)28(32)30(25)10-6-9-29-11-13-33-14-12-29/h5,7-8,15-17,25H,4,6,9-14H2,1-3H3. The van der Waals surface area contributed by atoms with Gasteiger partial charge in [-0.25, -0.2) is 0 Å². The van der Waals surface area contributed by atoms with E-state index >= 15 is 0 Å². The number of ether oxygens (including phenoxy) is 2. The zero-order chi connectivity index (χ0) is 24.5. The lowest BCUT2D eigenvalue weighted by atomic mass is 9.97. The summed E-state index contributed by atoms with van der Waals surface area (Å²) in [5.74, 6) is 0.644. The number of carbonyl (C=O) groups is 1. The van der Waals surface area contributed by atoms with Crippen molar-refractivity contribution in [2.24, 2.45) is 0 Å². The van der Waals surface area contributed by atoms with Gasteiger partial charge < -0.3 is 18.8 Å². The van der Waals surface area contributed by atoms with Gasteiger partial charge in [0.25, 0.3) is 5.91 Å². The zero-order valence-electron chi connectivity index (χ0n) is 20.6. The molecule has 1 saturated heterocycles. The molecule has 0 spiro atoms. The lowest BCUT2D eigenvalue weighted by Crippen LogP contribution is -2.38. The van der Waals surface area contributed by atoms with Gasteiger partial charge in [-0.1, -0.05) is 12.1 Å². The third-order valence-electron chi connectivity index (χ3n) is 7.04. The minimum absolute atomic E-state index is 0.139. The Hall–Kier alpha value is -3.16. The molecule has 3 aromatic rings. The highest BCUT2D eigenvalue weighted by atomic mass is 16.5. The van der Waals surface area contributed by atoms with Crippen LogP contribution in [0, 0.1) is 13.8 Å². The molecule has 1 fully saturated rings. The molecule has 7 nitrogen and oxygen atoms in total. The van der Waals surface area contributed by atoms with Crippen LogP contribution in [-0.2, 0) is 4.74 Å². The van der Waals surface area contributed by atoms with Gasteiger partial charge in [-0.2, -0.15) is 0 Å². The molecular weight excluding hydrogens is 444 g/mol. The Kier molecular flexibility index (Phi) is 6.62. The van der Waals surface area contributed by atoms with Crippen LogP contribution in [0.1, 0.15) is 52.2 Å². The maximum Gasteiger partial charge on any atom is 0.290 e. The molecule has 1 aromatic heterocycles. The van der Waals surface area contributed by atoms with Gasteiger partial charge in [0.05, 0.1) is 36.8 Å². The highest BCUT2D eigenvalue weighted by Crippen LogP contribution is 2.39. The normalized spacial score (nSPS) is 18.3. The Balaban J connectivity index is 1.56. The Labute approximate surface area is 205 Å². The quantitative estimate of drug-likeness (QED) is 0.512. The van der Waals surface area contributed by atoms with Gasteiger partial charge >= 0.3 is 0 Å². The minimum atomic E-state index is -0.509. The van der Waals surface area contributed by atoms with Crippen LogP contribution in [0.5, 0.6) is 5.75 Å². The van der Waals surface area contributed by atoms with E-state index in [4.69, 9.17) is 13.9 Å². The third kappa shape index (κ3) is 4.46. The maximum absolute atomic E-state index is 13.8. The molecule has 3 heterocycles. The second-order valence-corrected chi connectivity index (χ2v) is 9.32. The van der Waals surface area contributed by atoms with E-state index in [0.717, 1.165) is 61.7 Å².